The number of nitrogens with one attached hydrogen (secondary N) is 2. The molecule has 1 unspecified atom stereocenters. The van der Waals surface area contributed by atoms with Gasteiger partial charge in [0.05, 0.1) is 17.9 Å². The summed E-state index contributed by atoms with van der Waals surface area (Å²) in [6.07, 6.45) is 2.96. The SMILES string of the molecule is CC(Nc1ncnc2nc[nH]c12)c1cc2scc(Cl)n2c(=O)c1-c1cccc(F)c1. The van der Waals surface area contributed by atoms with Gasteiger partial charge in [-0.25, -0.2) is 19.3 Å². The van der Waals surface area contributed by atoms with Crippen LogP contribution in [0.25, 0.3) is 27.1 Å². The Labute approximate surface area is 178 Å². The van der Waals surface area contributed by atoms with Crippen molar-refractivity contribution in [2.45, 2.75) is 13.0 Å². The summed E-state index contributed by atoms with van der Waals surface area (Å²) in [5, 5.41) is 5.34. The van der Waals surface area contributed by atoms with Crippen molar-refractivity contribution in [3.8, 4) is 11.1 Å². The van der Waals surface area contributed by atoms with E-state index in [0.29, 0.717) is 43.7 Å². The van der Waals surface area contributed by atoms with Gasteiger partial charge in [-0.1, -0.05) is 23.7 Å². The van der Waals surface area contributed by atoms with Crippen LogP contribution < -0.4 is 10.9 Å². The number of fused-ring (bicyclic) bond motifs is 2. The molecule has 0 aliphatic heterocycles. The number of aromatic amines is 1. The standard InChI is InChI=1S/C20H14ClFN6OS/c1-10(27-19-17-18(24-8-23-17)25-9-26-19)13-6-15-28(14(21)7-30-15)20(29)16(13)11-3-2-4-12(22)5-11/h2-10H,1H3,(H2,23,24,25,26,27). The zero-order valence-electron chi connectivity index (χ0n) is 15.6. The van der Waals surface area contributed by atoms with Crippen LogP contribution in [0.2, 0.25) is 5.15 Å². The van der Waals surface area contributed by atoms with E-state index in [2.05, 4.69) is 25.3 Å². The fourth-order valence-electron chi connectivity index (χ4n) is 3.49. The first-order chi connectivity index (χ1) is 14.5. The number of nitrogens with zero attached hydrogens (tertiary/aromatic N) is 4. The quantitative estimate of drug-likeness (QED) is 0.424. The molecule has 0 aliphatic carbocycles. The number of hydrogen-bond donors (Lipinski definition) is 2. The van der Waals surface area contributed by atoms with E-state index in [1.54, 1.807) is 23.8 Å². The van der Waals surface area contributed by atoms with Crippen LogP contribution in [0.15, 0.2) is 53.2 Å². The molecule has 4 heterocycles. The fourth-order valence-corrected chi connectivity index (χ4v) is 4.65. The van der Waals surface area contributed by atoms with E-state index in [-0.39, 0.29) is 11.6 Å². The summed E-state index contributed by atoms with van der Waals surface area (Å²) in [6.45, 7) is 1.91. The average molecular weight is 441 g/mol. The second-order valence-electron chi connectivity index (χ2n) is 6.71. The highest BCUT2D eigenvalue weighted by Gasteiger charge is 2.21. The number of imidazole rings is 1. The monoisotopic (exact) mass is 440 g/mol. The molecule has 0 radical (unpaired) electrons. The highest BCUT2D eigenvalue weighted by molar-refractivity contribution is 7.16. The molecule has 150 valence electrons. The van der Waals surface area contributed by atoms with Crippen LogP contribution in [-0.4, -0.2) is 24.3 Å². The minimum absolute atomic E-state index is 0.303. The van der Waals surface area contributed by atoms with Crippen LogP contribution in [0, 0.1) is 5.82 Å². The van der Waals surface area contributed by atoms with E-state index in [1.807, 2.05) is 13.0 Å². The second-order valence-corrected chi connectivity index (χ2v) is 7.99. The van der Waals surface area contributed by atoms with Crippen LogP contribution in [0.4, 0.5) is 10.2 Å². The van der Waals surface area contributed by atoms with Gasteiger partial charge in [0.1, 0.15) is 27.6 Å². The van der Waals surface area contributed by atoms with E-state index in [0.717, 1.165) is 0 Å². The molecule has 4 aromatic heterocycles. The minimum atomic E-state index is -0.421. The first-order valence-electron chi connectivity index (χ1n) is 9.02. The topological polar surface area (TPSA) is 88.0 Å². The molecule has 1 atom stereocenters. The van der Waals surface area contributed by atoms with Crippen LogP contribution in [-0.2, 0) is 0 Å². The number of anilines is 1. The largest absolute Gasteiger partial charge is 0.362 e. The summed E-state index contributed by atoms with van der Waals surface area (Å²) < 4.78 is 15.4. The van der Waals surface area contributed by atoms with Gasteiger partial charge in [-0.05, 0) is 36.2 Å². The van der Waals surface area contributed by atoms with Crippen molar-refractivity contribution in [1.29, 1.82) is 0 Å². The summed E-state index contributed by atoms with van der Waals surface area (Å²) in [7, 11) is 0. The molecule has 1 aromatic carbocycles. The number of halogens is 2. The molecule has 0 saturated heterocycles. The van der Waals surface area contributed by atoms with Gasteiger partial charge in [-0.15, -0.1) is 11.3 Å². The van der Waals surface area contributed by atoms with Crippen LogP contribution in [0.5, 0.6) is 0 Å². The molecular formula is C20H14ClFN6OS. The Balaban J connectivity index is 1.70. The molecule has 0 bridgehead atoms. The molecule has 2 N–H and O–H groups in total. The Hall–Kier alpha value is -3.30. The van der Waals surface area contributed by atoms with E-state index < -0.39 is 5.82 Å². The first-order valence-corrected chi connectivity index (χ1v) is 10.3. The number of rotatable bonds is 4. The number of benzene rings is 1. The third-order valence-electron chi connectivity index (χ3n) is 4.85. The molecule has 0 saturated carbocycles. The molecule has 7 nitrogen and oxygen atoms in total. The van der Waals surface area contributed by atoms with E-state index >= 15 is 0 Å². The molecule has 0 aliphatic rings. The van der Waals surface area contributed by atoms with Crippen LogP contribution in [0.1, 0.15) is 18.5 Å². The smallest absolute Gasteiger partial charge is 0.265 e. The lowest BCUT2D eigenvalue weighted by Crippen LogP contribution is -2.20. The number of H-pyrrole nitrogens is 1. The second kappa shape index (κ2) is 7.19. The van der Waals surface area contributed by atoms with Crippen molar-refractivity contribution in [3.63, 3.8) is 0 Å². The van der Waals surface area contributed by atoms with Gasteiger partial charge in [0.2, 0.25) is 0 Å². The molecule has 0 fully saturated rings. The minimum Gasteiger partial charge on any atom is -0.362 e. The highest BCUT2D eigenvalue weighted by Crippen LogP contribution is 2.32. The Bertz CT molecular complexity index is 1460. The van der Waals surface area contributed by atoms with Gasteiger partial charge < -0.3 is 10.3 Å². The molecule has 5 aromatic rings. The maximum atomic E-state index is 14.0. The lowest BCUT2D eigenvalue weighted by Gasteiger charge is -2.19. The van der Waals surface area contributed by atoms with Crippen LogP contribution >= 0.6 is 22.9 Å². The lowest BCUT2D eigenvalue weighted by atomic mass is 9.97. The molecule has 30 heavy (non-hydrogen) atoms. The zero-order chi connectivity index (χ0) is 20.8. The number of aromatic nitrogens is 5. The third-order valence-corrected chi connectivity index (χ3v) is 6.14. The summed E-state index contributed by atoms with van der Waals surface area (Å²) in [5.41, 5.74) is 2.45. The van der Waals surface area contributed by atoms with Crippen molar-refractivity contribution in [2.75, 3.05) is 5.32 Å². The summed E-state index contributed by atoms with van der Waals surface area (Å²) in [6, 6.07) is 7.53. The van der Waals surface area contributed by atoms with Gasteiger partial charge in [0.25, 0.3) is 5.56 Å². The van der Waals surface area contributed by atoms with Crippen molar-refractivity contribution in [1.82, 2.24) is 24.3 Å². The van der Waals surface area contributed by atoms with Gasteiger partial charge >= 0.3 is 0 Å². The zero-order valence-corrected chi connectivity index (χ0v) is 17.1. The molecule has 0 spiro atoms. The first kappa shape index (κ1) is 18.7. The number of thiazole rings is 1. The third kappa shape index (κ3) is 3.03. The lowest BCUT2D eigenvalue weighted by molar-refractivity contribution is 0.628. The Morgan fingerprint density at radius 1 is 1.27 bits per heavy atom. The van der Waals surface area contributed by atoms with Crippen molar-refractivity contribution in [2.24, 2.45) is 0 Å². The van der Waals surface area contributed by atoms with Crippen molar-refractivity contribution < 1.29 is 4.39 Å². The molecule has 10 heteroatoms. The summed E-state index contributed by atoms with van der Waals surface area (Å²) in [4.78, 5) is 29.6. The predicted molar refractivity (Wildman–Crippen MR) is 116 cm³/mol. The average Bonchev–Trinajstić information content (AvgIpc) is 3.35. The van der Waals surface area contributed by atoms with Crippen molar-refractivity contribution >= 4 is 44.7 Å². The normalized spacial score (nSPS) is 12.5. The Kier molecular flexibility index (Phi) is 4.48. The Morgan fingerprint density at radius 2 is 2.13 bits per heavy atom. The van der Waals surface area contributed by atoms with Crippen molar-refractivity contribution in [3.05, 3.63) is 75.3 Å². The van der Waals surface area contributed by atoms with Gasteiger partial charge in [0, 0.05) is 5.38 Å². The summed E-state index contributed by atoms with van der Waals surface area (Å²) in [5.74, 6) is 0.134. The van der Waals surface area contributed by atoms with E-state index in [9.17, 15) is 9.18 Å². The van der Waals surface area contributed by atoms with Gasteiger partial charge in [-0.3, -0.25) is 9.20 Å². The Morgan fingerprint density at radius 3 is 2.97 bits per heavy atom. The predicted octanol–water partition coefficient (Wildman–Crippen LogP) is 4.66. The number of pyridine rings is 1. The van der Waals surface area contributed by atoms with Gasteiger partial charge in [0.15, 0.2) is 11.5 Å². The molecular weight excluding hydrogens is 427 g/mol. The maximum Gasteiger partial charge on any atom is 0.265 e. The van der Waals surface area contributed by atoms with Gasteiger partial charge in [-0.2, -0.15) is 0 Å². The van der Waals surface area contributed by atoms with E-state index in [1.165, 1.54) is 34.2 Å². The van der Waals surface area contributed by atoms with Crippen LogP contribution in [0.3, 0.4) is 0 Å². The molecule has 5 rings (SSSR count). The maximum absolute atomic E-state index is 14.0. The highest BCUT2D eigenvalue weighted by atomic mass is 35.5. The van der Waals surface area contributed by atoms with E-state index in [4.69, 9.17) is 11.6 Å². The summed E-state index contributed by atoms with van der Waals surface area (Å²) >= 11 is 7.60. The molecule has 0 amide bonds. The fraction of sp³-hybridized carbons (Fsp3) is 0.100. The number of hydrogen-bond acceptors (Lipinski definition) is 6.